The van der Waals surface area contributed by atoms with Crippen LogP contribution in [0.1, 0.15) is 12.6 Å². The van der Waals surface area contributed by atoms with Crippen molar-refractivity contribution in [1.29, 1.82) is 0 Å². The number of fused-ring (bicyclic) bond motifs is 1. The zero-order valence-corrected chi connectivity index (χ0v) is 8.22. The molecule has 0 unspecified atom stereocenters. The summed E-state index contributed by atoms with van der Waals surface area (Å²) in [6, 6.07) is 3.65. The number of nitrogens with two attached hydrogens (primary N) is 1. The van der Waals surface area contributed by atoms with Crippen molar-refractivity contribution in [1.82, 2.24) is 4.98 Å². The molecule has 1 aromatic heterocycles. The second-order valence-corrected chi connectivity index (χ2v) is 3.34. The van der Waals surface area contributed by atoms with E-state index in [4.69, 9.17) is 5.73 Å². The largest absolute Gasteiger partial charge is 0.398 e. The van der Waals surface area contributed by atoms with Crippen molar-refractivity contribution in [3.63, 3.8) is 0 Å². The van der Waals surface area contributed by atoms with Crippen LogP contribution in [0.2, 0.25) is 0 Å². The van der Waals surface area contributed by atoms with Crippen LogP contribution >= 0.6 is 0 Å². The number of hydrogen-bond donors (Lipinski definition) is 1. The van der Waals surface area contributed by atoms with Gasteiger partial charge >= 0.3 is 0 Å². The molecule has 0 saturated carbocycles. The van der Waals surface area contributed by atoms with Crippen LogP contribution in [0.3, 0.4) is 0 Å². The maximum atomic E-state index is 13.4. The summed E-state index contributed by atoms with van der Waals surface area (Å²) in [6.45, 7) is 1.90. The normalized spacial score (nSPS) is 10.9. The summed E-state index contributed by atoms with van der Waals surface area (Å²) in [4.78, 5) is 4.07. The second kappa shape index (κ2) is 3.46. The molecule has 0 aliphatic rings. The first kappa shape index (κ1) is 9.83. The van der Waals surface area contributed by atoms with E-state index < -0.39 is 11.6 Å². The molecule has 0 radical (unpaired) electrons. The molecule has 0 atom stereocenters. The lowest BCUT2D eigenvalue weighted by atomic mass is 10.1. The quantitative estimate of drug-likeness (QED) is 0.782. The lowest BCUT2D eigenvalue weighted by molar-refractivity contribution is 0.590. The van der Waals surface area contributed by atoms with Crippen LogP contribution < -0.4 is 5.73 Å². The molecule has 2 N–H and O–H groups in total. The number of nitrogen functional groups attached to an aromatic ring is 1. The van der Waals surface area contributed by atoms with Gasteiger partial charge in [-0.2, -0.15) is 0 Å². The van der Waals surface area contributed by atoms with Gasteiger partial charge in [0.1, 0.15) is 11.3 Å². The Morgan fingerprint density at radius 1 is 1.27 bits per heavy atom. The zero-order valence-electron chi connectivity index (χ0n) is 8.22. The third kappa shape index (κ3) is 1.63. The van der Waals surface area contributed by atoms with E-state index in [1.165, 1.54) is 6.07 Å². The number of aryl methyl sites for hydroxylation is 1. The van der Waals surface area contributed by atoms with E-state index in [1.807, 2.05) is 6.92 Å². The average Bonchev–Trinajstić information content (AvgIpc) is 2.19. The molecule has 0 spiro atoms. The van der Waals surface area contributed by atoms with E-state index in [9.17, 15) is 8.78 Å². The van der Waals surface area contributed by atoms with Gasteiger partial charge in [-0.15, -0.1) is 0 Å². The first-order valence-electron chi connectivity index (χ1n) is 4.66. The predicted molar refractivity (Wildman–Crippen MR) is 55.4 cm³/mol. The van der Waals surface area contributed by atoms with Gasteiger partial charge in [-0.05, 0) is 18.6 Å². The average molecular weight is 208 g/mol. The Bertz CT molecular complexity index is 523. The fourth-order valence-electron chi connectivity index (χ4n) is 1.51. The summed E-state index contributed by atoms with van der Waals surface area (Å²) in [5.74, 6) is -1.32. The first-order valence-corrected chi connectivity index (χ1v) is 4.66. The summed E-state index contributed by atoms with van der Waals surface area (Å²) < 4.78 is 26.3. The van der Waals surface area contributed by atoms with Crippen LogP contribution in [0.15, 0.2) is 18.2 Å². The van der Waals surface area contributed by atoms with Gasteiger partial charge in [0.05, 0.1) is 0 Å². The van der Waals surface area contributed by atoms with Gasteiger partial charge < -0.3 is 5.73 Å². The fourth-order valence-corrected chi connectivity index (χ4v) is 1.51. The number of aromatic nitrogens is 1. The van der Waals surface area contributed by atoms with Crippen molar-refractivity contribution in [2.24, 2.45) is 0 Å². The predicted octanol–water partition coefficient (Wildman–Crippen LogP) is 2.66. The van der Waals surface area contributed by atoms with Crippen molar-refractivity contribution >= 4 is 16.6 Å². The maximum absolute atomic E-state index is 13.4. The lowest BCUT2D eigenvalue weighted by Crippen LogP contribution is -1.97. The standard InChI is InChI=1S/C11H10F2N2/c1-2-7-5-10(14)8-3-6(12)4-9(13)11(8)15-7/h3-5H,2H2,1H3,(H2,14,15). The van der Waals surface area contributed by atoms with Crippen LogP contribution in [0.25, 0.3) is 10.9 Å². The number of anilines is 1. The minimum atomic E-state index is -0.674. The number of hydrogen-bond acceptors (Lipinski definition) is 2. The maximum Gasteiger partial charge on any atom is 0.152 e. The fraction of sp³-hybridized carbons (Fsp3) is 0.182. The molecule has 1 heterocycles. The molecule has 2 aromatic rings. The van der Waals surface area contributed by atoms with E-state index in [-0.39, 0.29) is 5.52 Å². The van der Waals surface area contributed by atoms with E-state index in [0.717, 1.165) is 6.07 Å². The first-order chi connectivity index (χ1) is 7.11. The molecule has 0 bridgehead atoms. The number of nitrogens with zero attached hydrogens (tertiary/aromatic N) is 1. The summed E-state index contributed by atoms with van der Waals surface area (Å²) in [6.07, 6.45) is 0.664. The molecule has 0 amide bonds. The molecule has 2 rings (SSSR count). The Labute approximate surface area is 85.7 Å². The molecule has 15 heavy (non-hydrogen) atoms. The smallest absolute Gasteiger partial charge is 0.152 e. The van der Waals surface area contributed by atoms with E-state index >= 15 is 0 Å². The molecular formula is C11H10F2N2. The molecule has 0 saturated heterocycles. The summed E-state index contributed by atoms with van der Waals surface area (Å²) in [5, 5.41) is 0.324. The Hall–Kier alpha value is -1.71. The number of rotatable bonds is 1. The van der Waals surface area contributed by atoms with Crippen molar-refractivity contribution < 1.29 is 8.78 Å². The molecule has 0 aliphatic carbocycles. The van der Waals surface area contributed by atoms with E-state index in [2.05, 4.69) is 4.98 Å². The highest BCUT2D eigenvalue weighted by molar-refractivity contribution is 5.90. The van der Waals surface area contributed by atoms with Gasteiger partial charge in [0.15, 0.2) is 5.82 Å². The van der Waals surface area contributed by atoms with Gasteiger partial charge in [0.25, 0.3) is 0 Å². The molecule has 4 heteroatoms. The van der Waals surface area contributed by atoms with Crippen LogP contribution in [0, 0.1) is 11.6 Å². The molecular weight excluding hydrogens is 198 g/mol. The van der Waals surface area contributed by atoms with Crippen LogP contribution in [-0.2, 0) is 6.42 Å². The Morgan fingerprint density at radius 2 is 2.00 bits per heavy atom. The zero-order chi connectivity index (χ0) is 11.0. The second-order valence-electron chi connectivity index (χ2n) is 3.34. The van der Waals surface area contributed by atoms with Gasteiger partial charge in [-0.25, -0.2) is 13.8 Å². The van der Waals surface area contributed by atoms with E-state index in [1.54, 1.807) is 6.07 Å². The minimum Gasteiger partial charge on any atom is -0.398 e. The molecule has 0 fully saturated rings. The van der Waals surface area contributed by atoms with Crippen molar-refractivity contribution in [2.45, 2.75) is 13.3 Å². The highest BCUT2D eigenvalue weighted by Crippen LogP contribution is 2.24. The highest BCUT2D eigenvalue weighted by atomic mass is 19.1. The Morgan fingerprint density at radius 3 is 2.67 bits per heavy atom. The number of pyridine rings is 1. The van der Waals surface area contributed by atoms with Crippen LogP contribution in [0.4, 0.5) is 14.5 Å². The molecule has 0 aliphatic heterocycles. The van der Waals surface area contributed by atoms with E-state index in [0.29, 0.717) is 23.2 Å². The summed E-state index contributed by atoms with van der Waals surface area (Å²) >= 11 is 0. The van der Waals surface area contributed by atoms with Crippen molar-refractivity contribution in [2.75, 3.05) is 5.73 Å². The lowest BCUT2D eigenvalue weighted by Gasteiger charge is -2.05. The summed E-state index contributed by atoms with van der Waals surface area (Å²) in [5.41, 5.74) is 6.89. The van der Waals surface area contributed by atoms with Gasteiger partial charge in [0, 0.05) is 22.8 Å². The monoisotopic (exact) mass is 208 g/mol. The van der Waals surface area contributed by atoms with Crippen LogP contribution in [-0.4, -0.2) is 4.98 Å². The SMILES string of the molecule is CCc1cc(N)c2cc(F)cc(F)c2n1. The Kier molecular flexibility index (Phi) is 2.26. The molecule has 78 valence electrons. The van der Waals surface area contributed by atoms with Crippen molar-refractivity contribution in [3.05, 3.63) is 35.5 Å². The highest BCUT2D eigenvalue weighted by Gasteiger charge is 2.09. The number of benzene rings is 1. The minimum absolute atomic E-state index is 0.133. The van der Waals surface area contributed by atoms with Gasteiger partial charge in [0.2, 0.25) is 0 Å². The number of halogens is 2. The van der Waals surface area contributed by atoms with Crippen molar-refractivity contribution in [3.8, 4) is 0 Å². The molecule has 2 nitrogen and oxygen atoms in total. The van der Waals surface area contributed by atoms with Gasteiger partial charge in [-0.1, -0.05) is 6.92 Å². The topological polar surface area (TPSA) is 38.9 Å². The summed E-state index contributed by atoms with van der Waals surface area (Å²) in [7, 11) is 0. The third-order valence-corrected chi connectivity index (χ3v) is 2.28. The van der Waals surface area contributed by atoms with Gasteiger partial charge in [-0.3, -0.25) is 0 Å². The Balaban J connectivity index is 2.85. The van der Waals surface area contributed by atoms with Crippen LogP contribution in [0.5, 0.6) is 0 Å². The third-order valence-electron chi connectivity index (χ3n) is 2.28. The molecule has 1 aromatic carbocycles.